The molecule has 2 N–H and O–H groups in total. The standard InChI is InChI=1S/C112H98N8Si.Zn/c1-61-49-66(6)99(67(7)50-61)107-87-35-31-83(113-87)105(84-32-36-88(114-84)108(100-68(8)51-62(2)52-69(100)9)92-40-42-96(118-92)111(95-41-39-91(107)117-95)103-74(14)57-65(5)58-75(103)15)81-27-23-78(24-28-81)21-22-79-25-29-82(30-26-79)106-85-33-37-89(115-85)109(101-70(10)53-63(3)54-71(101)11)93-43-45-97(119-93)112(104-76(16)59-80(60-77(104)17)47-48-121(18,19)20)98-46-44-94(120-98)110(90-38-34-86(106)116-90)102-72(12)55-64(4)56-73(102)13;/h23-46,49-60,113,118H,1-20H3;/q-2;+2. The van der Waals surface area contributed by atoms with Gasteiger partial charge in [0.2, 0.25) is 0 Å². The van der Waals surface area contributed by atoms with Gasteiger partial charge in [-0.05, 0) is 360 Å². The fourth-order valence-electron chi connectivity index (χ4n) is 19.6. The van der Waals surface area contributed by atoms with E-state index in [0.717, 1.165) is 223 Å². The second-order valence-corrected chi connectivity index (χ2v) is 39.9. The van der Waals surface area contributed by atoms with Crippen LogP contribution in [0.5, 0.6) is 0 Å². The number of aromatic amines is 2. The first-order chi connectivity index (χ1) is 58.0. The summed E-state index contributed by atoms with van der Waals surface area (Å²) in [5, 5.41) is 0. The Bertz CT molecular complexity index is 7220. The number of hydrogen-bond acceptors (Lipinski definition) is 4. The third-order valence-electron chi connectivity index (χ3n) is 24.1. The van der Waals surface area contributed by atoms with Crippen LogP contribution >= 0.6 is 0 Å². The van der Waals surface area contributed by atoms with Crippen LogP contribution in [-0.4, -0.2) is 38.0 Å². The van der Waals surface area contributed by atoms with Gasteiger partial charge in [-0.25, -0.2) is 19.9 Å². The van der Waals surface area contributed by atoms with E-state index in [-0.39, 0.29) is 19.5 Å². The second kappa shape index (κ2) is 31.8. The zero-order valence-corrected chi connectivity index (χ0v) is 77.6. The van der Waals surface area contributed by atoms with E-state index in [9.17, 15) is 0 Å². The van der Waals surface area contributed by atoms with E-state index in [0.29, 0.717) is 0 Å². The molecule has 4 aliphatic rings. The molecule has 0 saturated carbocycles. The van der Waals surface area contributed by atoms with Crippen molar-refractivity contribution in [2.45, 2.75) is 137 Å². The zero-order valence-electron chi connectivity index (χ0n) is 73.7. The van der Waals surface area contributed by atoms with Gasteiger partial charge < -0.3 is 19.9 Å². The van der Waals surface area contributed by atoms with Gasteiger partial charge in [-0.1, -0.05) is 174 Å². The van der Waals surface area contributed by atoms with Gasteiger partial charge in [0.05, 0.1) is 45.6 Å². The summed E-state index contributed by atoms with van der Waals surface area (Å²) in [7, 11) is -1.66. The Labute approximate surface area is 731 Å². The second-order valence-electron chi connectivity index (χ2n) is 35.1. The number of hydrogen-bond donors (Lipinski definition) is 2. The van der Waals surface area contributed by atoms with Gasteiger partial charge in [-0.15, -0.1) is 27.6 Å². The first-order valence-corrected chi connectivity index (χ1v) is 45.5. The van der Waals surface area contributed by atoms with E-state index in [1.54, 1.807) is 0 Å². The van der Waals surface area contributed by atoms with Crippen molar-refractivity contribution in [3.8, 4) is 112 Å². The SMILES string of the molecule is Cc1cc(C)c(-c2c3nc(c(-c4c(C)cc(C#C[Si](C)(C)C)cc4C)c4ccc([n-]4)c(-c4c(C)cc(C)cc4C)c4nc(c(-c5ccc(C#Cc6ccc(-c7c8nc(c(-c9c(C)cc(C)cc9C)c9ccc([nH]9)c(-c9c(C)cc(C)cc9C)c9nc(c(-c%10c(C)cc(C)cc%10C)c%10ccc7[nH]%10)C=C9)C=C8)cc6)cc5)c5ccc2[n-]5)C=C4)C=C3)c(C)c1.[Zn+2]. The monoisotopic (exact) mass is 1650 g/mol. The van der Waals surface area contributed by atoms with Gasteiger partial charge in [0.15, 0.2) is 0 Å². The number of nitrogens with one attached hydrogen (secondary N) is 2. The van der Waals surface area contributed by atoms with Crippen LogP contribution in [-0.2, 0) is 19.5 Å². The Morgan fingerprint density at radius 3 is 0.730 bits per heavy atom. The number of nitrogens with zero attached hydrogens (tertiary/aromatic N) is 6. The minimum Gasteiger partial charge on any atom is -0.657 e. The van der Waals surface area contributed by atoms with E-state index >= 15 is 0 Å². The maximum absolute atomic E-state index is 5.75. The normalized spacial score (nSPS) is 12.1. The van der Waals surface area contributed by atoms with Crippen LogP contribution in [0.25, 0.3) is 182 Å². The van der Waals surface area contributed by atoms with Crippen LogP contribution in [0.2, 0.25) is 19.6 Å². The molecular weight excluding hydrogens is 1550 g/mol. The van der Waals surface area contributed by atoms with Gasteiger partial charge in [0, 0.05) is 61.0 Å². The molecule has 0 atom stereocenters. The minimum absolute atomic E-state index is 0. The van der Waals surface area contributed by atoms with Crippen LogP contribution in [0.15, 0.2) is 170 Å². The molecule has 18 rings (SSSR count). The van der Waals surface area contributed by atoms with Gasteiger partial charge in [-0.2, -0.15) is 0 Å². The van der Waals surface area contributed by atoms with Crippen LogP contribution < -0.4 is 9.97 Å². The molecule has 0 amide bonds. The molecule has 0 fully saturated rings. The molecule has 0 unspecified atom stereocenters. The predicted octanol–water partition coefficient (Wildman–Crippen LogP) is 28.1. The average molecular weight is 1650 g/mol. The van der Waals surface area contributed by atoms with Crippen LogP contribution in [0.1, 0.15) is 157 Å². The fraction of sp³-hybridized carbons (Fsp3) is 0.179. The summed E-state index contributed by atoms with van der Waals surface area (Å²) in [6, 6.07) is 62.1. The van der Waals surface area contributed by atoms with Crippen molar-refractivity contribution in [3.05, 3.63) is 327 Å². The molecule has 0 spiro atoms. The molecule has 592 valence electrons. The van der Waals surface area contributed by atoms with Gasteiger partial charge >= 0.3 is 19.5 Å². The van der Waals surface area contributed by atoms with Crippen molar-refractivity contribution in [1.29, 1.82) is 0 Å². The number of aryl methyl sites for hydroxylation is 17. The van der Waals surface area contributed by atoms with Gasteiger partial charge in [0.25, 0.3) is 0 Å². The summed E-state index contributed by atoms with van der Waals surface area (Å²) in [4.78, 5) is 42.5. The first kappa shape index (κ1) is 81.3. The van der Waals surface area contributed by atoms with Crippen molar-refractivity contribution in [1.82, 2.24) is 39.9 Å². The van der Waals surface area contributed by atoms with Crippen molar-refractivity contribution in [2.24, 2.45) is 0 Å². The molecule has 0 saturated heterocycles. The molecular formula is C112H98N8SiZn. The zero-order chi connectivity index (χ0) is 84.5. The predicted molar refractivity (Wildman–Crippen MR) is 516 cm³/mol. The average Bonchev–Trinajstić information content (AvgIpc) is 1.60. The molecule has 8 aromatic carbocycles. The van der Waals surface area contributed by atoms with Gasteiger partial charge in [-0.3, -0.25) is 0 Å². The Morgan fingerprint density at radius 1 is 0.230 bits per heavy atom. The summed E-state index contributed by atoms with van der Waals surface area (Å²) >= 11 is 0. The molecule has 10 heterocycles. The maximum atomic E-state index is 5.75. The topological polar surface area (TPSA) is 111 Å². The Hall–Kier alpha value is -13.1. The Morgan fingerprint density at radius 2 is 0.451 bits per heavy atom. The van der Waals surface area contributed by atoms with Crippen LogP contribution in [0, 0.1) is 141 Å². The molecule has 10 heteroatoms. The van der Waals surface area contributed by atoms with Crippen molar-refractivity contribution >= 4 is 101 Å². The molecule has 0 aliphatic carbocycles. The number of H-pyrrole nitrogens is 2. The summed E-state index contributed by atoms with van der Waals surface area (Å²) in [6.45, 7) is 44.3. The van der Waals surface area contributed by atoms with Gasteiger partial charge in [0.1, 0.15) is 8.07 Å². The summed E-state index contributed by atoms with van der Waals surface area (Å²) in [5.41, 5.74) is 57.0. The van der Waals surface area contributed by atoms with E-state index < -0.39 is 8.07 Å². The van der Waals surface area contributed by atoms with Crippen molar-refractivity contribution < 1.29 is 19.5 Å². The van der Waals surface area contributed by atoms with Crippen molar-refractivity contribution in [2.75, 3.05) is 0 Å². The van der Waals surface area contributed by atoms with Crippen LogP contribution in [0.4, 0.5) is 0 Å². The quantitative estimate of drug-likeness (QED) is 0.116. The molecule has 14 aromatic rings. The maximum Gasteiger partial charge on any atom is 2.00 e. The van der Waals surface area contributed by atoms with E-state index in [4.69, 9.17) is 29.9 Å². The largest absolute Gasteiger partial charge is 2.00 e. The number of benzene rings is 8. The number of rotatable bonds is 8. The number of aromatic nitrogens is 8. The molecule has 122 heavy (non-hydrogen) atoms. The molecule has 4 aliphatic heterocycles. The minimum atomic E-state index is -1.66. The third-order valence-corrected chi connectivity index (χ3v) is 24.9. The molecule has 0 radical (unpaired) electrons. The van der Waals surface area contributed by atoms with Crippen molar-refractivity contribution in [3.63, 3.8) is 0 Å². The molecule has 6 aromatic heterocycles. The fourth-order valence-corrected chi connectivity index (χ4v) is 20.1. The summed E-state index contributed by atoms with van der Waals surface area (Å²) < 4.78 is 0. The summed E-state index contributed by atoms with van der Waals surface area (Å²) in [5.74, 6) is 10.7. The van der Waals surface area contributed by atoms with E-state index in [1.807, 2.05) is 0 Å². The molecule has 8 nitrogen and oxygen atoms in total. The summed E-state index contributed by atoms with van der Waals surface area (Å²) in [6.07, 6.45) is 17.5. The molecule has 16 bridgehead atoms. The van der Waals surface area contributed by atoms with E-state index in [2.05, 4.69) is 389 Å². The number of fused-ring (bicyclic) bond motifs is 16. The van der Waals surface area contributed by atoms with E-state index in [1.165, 1.54) is 66.8 Å². The van der Waals surface area contributed by atoms with Crippen LogP contribution in [0.3, 0.4) is 0 Å². The smallest absolute Gasteiger partial charge is 0.657 e. The Balaban J connectivity index is 0.0000106. The Kier molecular flexibility index (Phi) is 21.2. The first-order valence-electron chi connectivity index (χ1n) is 42.0. The third kappa shape index (κ3) is 15.1.